The molecule has 1 amide bonds. The highest BCUT2D eigenvalue weighted by atomic mass is 35.5. The fourth-order valence-electron chi connectivity index (χ4n) is 2.20. The van der Waals surface area contributed by atoms with Crippen molar-refractivity contribution in [2.45, 2.75) is 13.5 Å². The van der Waals surface area contributed by atoms with Gasteiger partial charge in [-0.15, -0.1) is 12.4 Å². The lowest BCUT2D eigenvalue weighted by atomic mass is 9.88. The minimum Gasteiger partial charge on any atom is -0.341 e. The van der Waals surface area contributed by atoms with Gasteiger partial charge in [0.1, 0.15) is 0 Å². The molecule has 1 aliphatic heterocycles. The van der Waals surface area contributed by atoms with E-state index >= 15 is 0 Å². The summed E-state index contributed by atoms with van der Waals surface area (Å²) < 4.78 is 0. The molecule has 3 nitrogen and oxygen atoms in total. The number of amides is 1. The third-order valence-electron chi connectivity index (χ3n) is 3.59. The molecule has 0 aromatic heterocycles. The lowest BCUT2D eigenvalue weighted by Gasteiger charge is -2.34. The number of hydrogen-bond donors (Lipinski definition) is 1. The van der Waals surface area contributed by atoms with Gasteiger partial charge < -0.3 is 10.2 Å². The van der Waals surface area contributed by atoms with Gasteiger partial charge in [-0.2, -0.15) is 0 Å². The Morgan fingerprint density at radius 2 is 2.21 bits per heavy atom. The van der Waals surface area contributed by atoms with E-state index in [1.807, 2.05) is 38.2 Å². The van der Waals surface area contributed by atoms with Crippen LogP contribution in [0.15, 0.2) is 24.3 Å². The molecule has 1 unspecified atom stereocenters. The van der Waals surface area contributed by atoms with Crippen molar-refractivity contribution in [1.82, 2.24) is 10.2 Å². The van der Waals surface area contributed by atoms with Crippen LogP contribution in [0.2, 0.25) is 5.02 Å². The highest BCUT2D eigenvalue weighted by Gasteiger charge is 2.30. The van der Waals surface area contributed by atoms with Gasteiger partial charge >= 0.3 is 0 Å². The third-order valence-corrected chi connectivity index (χ3v) is 3.83. The molecule has 0 aliphatic carbocycles. The predicted molar refractivity (Wildman–Crippen MR) is 80.7 cm³/mol. The van der Waals surface area contributed by atoms with Crippen LogP contribution in [0.4, 0.5) is 0 Å². The van der Waals surface area contributed by atoms with E-state index < -0.39 is 0 Å². The van der Waals surface area contributed by atoms with Crippen molar-refractivity contribution in [2.75, 3.05) is 20.1 Å². The predicted octanol–water partition coefficient (Wildman–Crippen LogP) is 2.58. The number of hydrogen-bond acceptors (Lipinski definition) is 2. The first-order valence-electron chi connectivity index (χ1n) is 6.28. The van der Waals surface area contributed by atoms with E-state index in [4.69, 9.17) is 11.6 Å². The largest absolute Gasteiger partial charge is 0.341 e. The second-order valence-electron chi connectivity index (χ2n) is 5.03. The third kappa shape index (κ3) is 4.10. The Bertz CT molecular complexity index is 435. The number of carbonyl (C=O) groups is 1. The number of benzene rings is 1. The molecular weight excluding hydrogens is 283 g/mol. The van der Waals surface area contributed by atoms with Crippen molar-refractivity contribution >= 4 is 29.9 Å². The molecule has 1 atom stereocenters. The summed E-state index contributed by atoms with van der Waals surface area (Å²) in [5.74, 6) is 0.788. The van der Waals surface area contributed by atoms with E-state index in [0.29, 0.717) is 17.5 Å². The summed E-state index contributed by atoms with van der Waals surface area (Å²) in [5, 5.41) is 3.92. The molecular formula is C14H20Cl2N2O. The number of rotatable bonds is 4. The van der Waals surface area contributed by atoms with Gasteiger partial charge in [0.05, 0.1) is 0 Å². The Labute approximate surface area is 125 Å². The Morgan fingerprint density at radius 3 is 2.74 bits per heavy atom. The first-order chi connectivity index (χ1) is 8.58. The molecule has 1 saturated heterocycles. The number of nitrogens with zero attached hydrogens (tertiary/aromatic N) is 1. The second-order valence-corrected chi connectivity index (χ2v) is 5.47. The molecule has 1 aliphatic rings. The molecule has 1 aromatic rings. The average Bonchev–Trinajstić information content (AvgIpc) is 2.25. The molecule has 19 heavy (non-hydrogen) atoms. The summed E-state index contributed by atoms with van der Waals surface area (Å²) in [7, 11) is 1.85. The van der Waals surface area contributed by atoms with Crippen LogP contribution in [-0.2, 0) is 11.3 Å². The molecule has 0 radical (unpaired) electrons. The van der Waals surface area contributed by atoms with Crippen LogP contribution in [0.1, 0.15) is 12.5 Å². The lowest BCUT2D eigenvalue weighted by molar-refractivity contribution is -0.136. The van der Waals surface area contributed by atoms with E-state index in [-0.39, 0.29) is 24.2 Å². The van der Waals surface area contributed by atoms with E-state index in [1.54, 1.807) is 4.90 Å². The van der Waals surface area contributed by atoms with Gasteiger partial charge in [-0.3, -0.25) is 4.79 Å². The normalized spacial score (nSPS) is 16.2. The molecule has 0 saturated carbocycles. The van der Waals surface area contributed by atoms with Gasteiger partial charge in [0.15, 0.2) is 0 Å². The Morgan fingerprint density at radius 1 is 1.53 bits per heavy atom. The van der Waals surface area contributed by atoms with Crippen LogP contribution < -0.4 is 5.32 Å². The van der Waals surface area contributed by atoms with Crippen LogP contribution in [0.3, 0.4) is 0 Å². The molecule has 1 N–H and O–H groups in total. The number of nitrogens with one attached hydrogen (secondary N) is 1. The van der Waals surface area contributed by atoms with Gasteiger partial charge in [0.2, 0.25) is 5.91 Å². The van der Waals surface area contributed by atoms with Crippen LogP contribution in [0.25, 0.3) is 0 Å². The standard InChI is InChI=1S/C14H19ClN2O.ClH/c1-10(12-7-16-8-12)14(18)17(2)9-11-4-3-5-13(15)6-11;/h3-6,10,12,16H,7-9H2,1-2H3;1H. The van der Waals surface area contributed by atoms with Crippen LogP contribution in [0.5, 0.6) is 0 Å². The first kappa shape index (κ1) is 16.3. The first-order valence-corrected chi connectivity index (χ1v) is 6.66. The Hall–Kier alpha value is -0.770. The maximum atomic E-state index is 12.2. The van der Waals surface area contributed by atoms with Gasteiger partial charge in [-0.25, -0.2) is 0 Å². The monoisotopic (exact) mass is 302 g/mol. The summed E-state index contributed by atoms with van der Waals surface area (Å²) in [5.41, 5.74) is 1.07. The average molecular weight is 303 g/mol. The van der Waals surface area contributed by atoms with Crippen molar-refractivity contribution < 1.29 is 4.79 Å². The van der Waals surface area contributed by atoms with Gasteiger partial charge in [0.25, 0.3) is 0 Å². The van der Waals surface area contributed by atoms with E-state index in [9.17, 15) is 4.79 Å². The Balaban J connectivity index is 0.00000180. The quantitative estimate of drug-likeness (QED) is 0.927. The summed E-state index contributed by atoms with van der Waals surface area (Å²) >= 11 is 5.94. The molecule has 1 aromatic carbocycles. The minimum atomic E-state index is 0. The van der Waals surface area contributed by atoms with Gasteiger partial charge in [0, 0.05) is 24.5 Å². The number of carbonyl (C=O) groups excluding carboxylic acids is 1. The molecule has 0 bridgehead atoms. The molecule has 5 heteroatoms. The second kappa shape index (κ2) is 7.13. The molecule has 1 fully saturated rings. The van der Waals surface area contributed by atoms with Crippen molar-refractivity contribution in [1.29, 1.82) is 0 Å². The Kier molecular flexibility index (Phi) is 6.11. The summed E-state index contributed by atoms with van der Waals surface area (Å²) in [6.45, 7) is 4.54. The minimum absolute atomic E-state index is 0. The highest BCUT2D eigenvalue weighted by molar-refractivity contribution is 6.30. The molecule has 0 spiro atoms. The number of halogens is 2. The van der Waals surface area contributed by atoms with Crippen LogP contribution in [0, 0.1) is 11.8 Å². The fraction of sp³-hybridized carbons (Fsp3) is 0.500. The molecule has 1 heterocycles. The zero-order valence-corrected chi connectivity index (χ0v) is 12.8. The summed E-state index contributed by atoms with van der Waals surface area (Å²) in [6, 6.07) is 7.65. The van der Waals surface area contributed by atoms with Crippen LogP contribution in [-0.4, -0.2) is 30.9 Å². The van der Waals surface area contributed by atoms with Crippen molar-refractivity contribution in [3.05, 3.63) is 34.9 Å². The van der Waals surface area contributed by atoms with Crippen molar-refractivity contribution in [3.8, 4) is 0 Å². The molecule has 106 valence electrons. The zero-order chi connectivity index (χ0) is 13.1. The molecule has 2 rings (SSSR count). The van der Waals surface area contributed by atoms with Gasteiger partial charge in [-0.05, 0) is 36.7 Å². The smallest absolute Gasteiger partial charge is 0.225 e. The summed E-state index contributed by atoms with van der Waals surface area (Å²) in [4.78, 5) is 14.0. The van der Waals surface area contributed by atoms with E-state index in [0.717, 1.165) is 18.7 Å². The van der Waals surface area contributed by atoms with Crippen LogP contribution >= 0.6 is 24.0 Å². The van der Waals surface area contributed by atoms with Crippen molar-refractivity contribution in [2.24, 2.45) is 11.8 Å². The highest BCUT2D eigenvalue weighted by Crippen LogP contribution is 2.19. The topological polar surface area (TPSA) is 32.3 Å². The lowest BCUT2D eigenvalue weighted by Crippen LogP contribution is -2.49. The maximum Gasteiger partial charge on any atom is 0.225 e. The maximum absolute atomic E-state index is 12.2. The SMILES string of the molecule is CC(C(=O)N(C)Cc1cccc(Cl)c1)C1CNC1.Cl. The summed E-state index contributed by atoms with van der Waals surface area (Å²) in [6.07, 6.45) is 0. The van der Waals surface area contributed by atoms with E-state index in [2.05, 4.69) is 5.32 Å². The van der Waals surface area contributed by atoms with E-state index in [1.165, 1.54) is 0 Å². The fourth-order valence-corrected chi connectivity index (χ4v) is 2.41. The zero-order valence-electron chi connectivity index (χ0n) is 11.2. The van der Waals surface area contributed by atoms with Gasteiger partial charge in [-0.1, -0.05) is 30.7 Å². The van der Waals surface area contributed by atoms with Crippen molar-refractivity contribution in [3.63, 3.8) is 0 Å².